The summed E-state index contributed by atoms with van der Waals surface area (Å²) in [7, 11) is 0. The maximum Gasteiger partial charge on any atom is 0.314 e. The molecule has 3 nitrogen and oxygen atoms in total. The Hall–Kier alpha value is -2.03. The normalized spacial score (nSPS) is 13.9. The number of allylic oxidation sites excluding steroid dienone is 6. The van der Waals surface area contributed by atoms with Crippen LogP contribution < -0.4 is 10.6 Å². The third kappa shape index (κ3) is 6.46. The molecule has 0 heterocycles. The van der Waals surface area contributed by atoms with E-state index >= 15 is 0 Å². The first kappa shape index (κ1) is 15.0. The van der Waals surface area contributed by atoms with Crippen molar-refractivity contribution in [3.05, 3.63) is 60.8 Å². The minimum absolute atomic E-state index is 0.121. The molecular weight excluding hydrogens is 236 g/mol. The van der Waals surface area contributed by atoms with Gasteiger partial charge in [-0.2, -0.15) is 0 Å². The van der Waals surface area contributed by atoms with Crippen molar-refractivity contribution in [2.45, 2.75) is 19.3 Å². The third-order valence-corrected chi connectivity index (χ3v) is 2.84. The SMILES string of the molecule is C=C/C=C(\C=C)CCNC(=O)NCCC1=CCC=C1. The second-order valence-electron chi connectivity index (χ2n) is 4.28. The number of urea groups is 1. The van der Waals surface area contributed by atoms with Crippen LogP contribution in [0.25, 0.3) is 0 Å². The summed E-state index contributed by atoms with van der Waals surface area (Å²) in [6, 6.07) is -0.121. The molecule has 0 unspecified atom stereocenters. The summed E-state index contributed by atoms with van der Waals surface area (Å²) in [4.78, 5) is 11.5. The van der Waals surface area contributed by atoms with Crippen molar-refractivity contribution >= 4 is 6.03 Å². The van der Waals surface area contributed by atoms with Gasteiger partial charge in [-0.15, -0.1) is 0 Å². The van der Waals surface area contributed by atoms with Gasteiger partial charge in [-0.3, -0.25) is 0 Å². The van der Waals surface area contributed by atoms with Crippen LogP contribution in [0.4, 0.5) is 4.79 Å². The monoisotopic (exact) mass is 258 g/mol. The predicted octanol–water partition coefficient (Wildman–Crippen LogP) is 3.25. The largest absolute Gasteiger partial charge is 0.338 e. The molecule has 19 heavy (non-hydrogen) atoms. The maximum absolute atomic E-state index is 11.5. The number of hydrogen-bond donors (Lipinski definition) is 2. The van der Waals surface area contributed by atoms with Gasteiger partial charge < -0.3 is 10.6 Å². The van der Waals surface area contributed by atoms with Gasteiger partial charge in [0.2, 0.25) is 0 Å². The van der Waals surface area contributed by atoms with Crippen LogP contribution in [0.5, 0.6) is 0 Å². The highest BCUT2D eigenvalue weighted by atomic mass is 16.2. The highest BCUT2D eigenvalue weighted by molar-refractivity contribution is 5.73. The van der Waals surface area contributed by atoms with Crippen LogP contribution in [0.3, 0.4) is 0 Å². The zero-order chi connectivity index (χ0) is 13.9. The molecular formula is C16H22N2O. The van der Waals surface area contributed by atoms with Crippen molar-refractivity contribution in [3.8, 4) is 0 Å². The number of nitrogens with one attached hydrogen (secondary N) is 2. The Labute approximate surface area is 115 Å². The van der Waals surface area contributed by atoms with E-state index < -0.39 is 0 Å². The van der Waals surface area contributed by atoms with Gasteiger partial charge in [-0.1, -0.05) is 55.2 Å². The first-order valence-corrected chi connectivity index (χ1v) is 6.57. The third-order valence-electron chi connectivity index (χ3n) is 2.84. The van der Waals surface area contributed by atoms with E-state index in [-0.39, 0.29) is 6.03 Å². The molecule has 2 amide bonds. The summed E-state index contributed by atoms with van der Waals surface area (Å²) in [6.45, 7) is 8.61. The van der Waals surface area contributed by atoms with E-state index in [1.54, 1.807) is 12.2 Å². The Morgan fingerprint density at radius 3 is 2.74 bits per heavy atom. The van der Waals surface area contributed by atoms with E-state index in [9.17, 15) is 4.79 Å². The zero-order valence-corrected chi connectivity index (χ0v) is 11.3. The standard InChI is InChI=1S/C16H22N2O/c1-3-7-14(4-2)10-12-17-16(19)18-13-11-15-8-5-6-9-15/h3-5,7-9H,1-2,6,10-13H2,(H2,17,18,19)/b14-7+. The number of hydrogen-bond acceptors (Lipinski definition) is 1. The fraction of sp³-hybridized carbons (Fsp3) is 0.312. The Morgan fingerprint density at radius 1 is 1.32 bits per heavy atom. The molecule has 2 N–H and O–H groups in total. The van der Waals surface area contributed by atoms with Crippen LogP contribution in [-0.4, -0.2) is 19.1 Å². The molecule has 1 rings (SSSR count). The van der Waals surface area contributed by atoms with Gasteiger partial charge in [-0.05, 0) is 24.8 Å². The lowest BCUT2D eigenvalue weighted by atomic mass is 10.2. The summed E-state index contributed by atoms with van der Waals surface area (Å²) >= 11 is 0. The molecule has 0 saturated carbocycles. The molecule has 0 spiro atoms. The van der Waals surface area contributed by atoms with Crippen LogP contribution in [0.15, 0.2) is 60.8 Å². The fourth-order valence-corrected chi connectivity index (χ4v) is 1.80. The Morgan fingerprint density at radius 2 is 2.11 bits per heavy atom. The molecule has 0 bridgehead atoms. The summed E-state index contributed by atoms with van der Waals surface area (Å²) in [5.41, 5.74) is 2.36. The molecule has 0 aromatic rings. The molecule has 1 aliphatic carbocycles. The van der Waals surface area contributed by atoms with Gasteiger partial charge in [0.05, 0.1) is 0 Å². The molecule has 0 aromatic carbocycles. The number of amides is 2. The van der Waals surface area contributed by atoms with Gasteiger partial charge in [0.15, 0.2) is 0 Å². The van der Waals surface area contributed by atoms with Gasteiger partial charge >= 0.3 is 6.03 Å². The van der Waals surface area contributed by atoms with Crippen molar-refractivity contribution < 1.29 is 4.79 Å². The number of carbonyl (C=O) groups is 1. The van der Waals surface area contributed by atoms with Crippen molar-refractivity contribution in [2.24, 2.45) is 0 Å². The minimum atomic E-state index is -0.121. The average molecular weight is 258 g/mol. The van der Waals surface area contributed by atoms with Crippen LogP contribution in [0.1, 0.15) is 19.3 Å². The van der Waals surface area contributed by atoms with Crippen LogP contribution in [0.2, 0.25) is 0 Å². The van der Waals surface area contributed by atoms with E-state index in [2.05, 4.69) is 42.0 Å². The topological polar surface area (TPSA) is 41.1 Å². The second-order valence-corrected chi connectivity index (χ2v) is 4.28. The van der Waals surface area contributed by atoms with Crippen molar-refractivity contribution in [3.63, 3.8) is 0 Å². The van der Waals surface area contributed by atoms with E-state index in [0.717, 1.165) is 24.8 Å². The van der Waals surface area contributed by atoms with Gasteiger partial charge in [0.25, 0.3) is 0 Å². The smallest absolute Gasteiger partial charge is 0.314 e. The summed E-state index contributed by atoms with van der Waals surface area (Å²) < 4.78 is 0. The number of rotatable bonds is 8. The minimum Gasteiger partial charge on any atom is -0.338 e. The van der Waals surface area contributed by atoms with Crippen LogP contribution in [0, 0.1) is 0 Å². The highest BCUT2D eigenvalue weighted by Crippen LogP contribution is 2.11. The lowest BCUT2D eigenvalue weighted by Gasteiger charge is -2.07. The first-order valence-electron chi connectivity index (χ1n) is 6.57. The average Bonchev–Trinajstić information content (AvgIpc) is 2.91. The Kier molecular flexibility index (Phi) is 7.10. The molecule has 0 saturated heterocycles. The fourth-order valence-electron chi connectivity index (χ4n) is 1.80. The number of carbonyl (C=O) groups excluding carboxylic acids is 1. The highest BCUT2D eigenvalue weighted by Gasteiger charge is 2.01. The molecule has 0 aromatic heterocycles. The van der Waals surface area contributed by atoms with Crippen molar-refractivity contribution in [2.75, 3.05) is 13.1 Å². The first-order chi connectivity index (χ1) is 9.26. The summed E-state index contributed by atoms with van der Waals surface area (Å²) in [6.07, 6.45) is 14.5. The quantitative estimate of drug-likeness (QED) is 0.645. The molecule has 0 fully saturated rings. The van der Waals surface area contributed by atoms with E-state index in [1.165, 1.54) is 5.57 Å². The molecule has 1 aliphatic rings. The molecule has 0 atom stereocenters. The van der Waals surface area contributed by atoms with Crippen LogP contribution in [-0.2, 0) is 0 Å². The Balaban J connectivity index is 2.10. The van der Waals surface area contributed by atoms with E-state index in [1.807, 2.05) is 6.08 Å². The van der Waals surface area contributed by atoms with Gasteiger partial charge in [0.1, 0.15) is 0 Å². The van der Waals surface area contributed by atoms with Crippen molar-refractivity contribution in [1.82, 2.24) is 10.6 Å². The molecule has 0 aliphatic heterocycles. The molecule has 102 valence electrons. The Bertz CT molecular complexity index is 416. The van der Waals surface area contributed by atoms with E-state index in [0.29, 0.717) is 13.1 Å². The predicted molar refractivity (Wildman–Crippen MR) is 81.0 cm³/mol. The summed E-state index contributed by atoms with van der Waals surface area (Å²) in [5, 5.41) is 5.66. The molecule has 3 heteroatoms. The lowest BCUT2D eigenvalue weighted by Crippen LogP contribution is -2.36. The summed E-state index contributed by atoms with van der Waals surface area (Å²) in [5.74, 6) is 0. The second kappa shape index (κ2) is 8.97. The van der Waals surface area contributed by atoms with Crippen molar-refractivity contribution in [1.29, 1.82) is 0 Å². The van der Waals surface area contributed by atoms with E-state index in [4.69, 9.17) is 0 Å². The zero-order valence-electron chi connectivity index (χ0n) is 11.3. The lowest BCUT2D eigenvalue weighted by molar-refractivity contribution is 0.241. The maximum atomic E-state index is 11.5. The van der Waals surface area contributed by atoms with Gasteiger partial charge in [-0.25, -0.2) is 4.79 Å². The van der Waals surface area contributed by atoms with Gasteiger partial charge in [0, 0.05) is 13.1 Å². The van der Waals surface area contributed by atoms with Crippen LogP contribution >= 0.6 is 0 Å². The molecule has 0 radical (unpaired) electrons.